The van der Waals surface area contributed by atoms with Crippen molar-refractivity contribution in [3.8, 4) is 0 Å². The van der Waals surface area contributed by atoms with Crippen LogP contribution in [0.5, 0.6) is 0 Å². The second-order valence-corrected chi connectivity index (χ2v) is 7.22. The van der Waals surface area contributed by atoms with Gasteiger partial charge in [-0.05, 0) is 31.9 Å². The van der Waals surface area contributed by atoms with E-state index in [2.05, 4.69) is 16.4 Å². The number of nitrogens with one attached hydrogen (secondary N) is 1. The number of pyridine rings is 1. The van der Waals surface area contributed by atoms with E-state index in [-0.39, 0.29) is 24.0 Å². The van der Waals surface area contributed by atoms with Crippen LogP contribution in [0.25, 0.3) is 10.9 Å². The monoisotopic (exact) mass is 535 g/mol. The number of guanidine groups is 1. The van der Waals surface area contributed by atoms with Gasteiger partial charge in [-0.1, -0.05) is 24.3 Å². The molecule has 9 heteroatoms. The Hall–Kier alpha value is -1.62. The lowest BCUT2D eigenvalue weighted by Gasteiger charge is -2.39. The summed E-state index contributed by atoms with van der Waals surface area (Å²) in [6.07, 6.45) is -1.64. The molecule has 5 nitrogen and oxygen atoms in total. The van der Waals surface area contributed by atoms with Gasteiger partial charge in [0.2, 0.25) is 0 Å². The van der Waals surface area contributed by atoms with Crippen molar-refractivity contribution in [3.05, 3.63) is 42.1 Å². The summed E-state index contributed by atoms with van der Waals surface area (Å²) in [6.45, 7) is 6.34. The molecule has 2 aromatic rings. The van der Waals surface area contributed by atoms with Gasteiger partial charge in [0.1, 0.15) is 6.04 Å². The van der Waals surface area contributed by atoms with Crippen LogP contribution in [0.4, 0.5) is 13.2 Å². The maximum absolute atomic E-state index is 13.0. The minimum Gasteiger partial charge on any atom is -0.357 e. The SMILES string of the molecule is CCNC(=NCCc1cccc2cccnc12)N1CCN(C(C)C(F)(F)F)CC1.I. The van der Waals surface area contributed by atoms with Crippen molar-refractivity contribution in [1.29, 1.82) is 0 Å². The number of benzene rings is 1. The van der Waals surface area contributed by atoms with Crippen molar-refractivity contribution in [1.82, 2.24) is 20.1 Å². The van der Waals surface area contributed by atoms with Gasteiger partial charge in [0.15, 0.2) is 5.96 Å². The normalized spacial score (nSPS) is 17.0. The molecule has 1 unspecified atom stereocenters. The van der Waals surface area contributed by atoms with Gasteiger partial charge in [-0.3, -0.25) is 14.9 Å². The Morgan fingerprint density at radius 2 is 1.87 bits per heavy atom. The Bertz CT molecular complexity index is 829. The first-order chi connectivity index (χ1) is 13.9. The van der Waals surface area contributed by atoms with Gasteiger partial charge < -0.3 is 10.2 Å². The Balaban J connectivity index is 0.00000320. The van der Waals surface area contributed by atoms with Crippen molar-refractivity contribution >= 4 is 40.8 Å². The molecular weight excluding hydrogens is 506 g/mol. The van der Waals surface area contributed by atoms with E-state index in [1.807, 2.05) is 36.1 Å². The van der Waals surface area contributed by atoms with Crippen LogP contribution in [0.15, 0.2) is 41.5 Å². The smallest absolute Gasteiger partial charge is 0.357 e. The van der Waals surface area contributed by atoms with E-state index in [1.54, 1.807) is 6.20 Å². The van der Waals surface area contributed by atoms with Gasteiger partial charge in [-0.2, -0.15) is 13.2 Å². The van der Waals surface area contributed by atoms with Crippen LogP contribution in [0.2, 0.25) is 0 Å². The third-order valence-electron chi connectivity index (χ3n) is 5.33. The van der Waals surface area contributed by atoms with Gasteiger partial charge in [0, 0.05) is 50.9 Å². The standard InChI is InChI=1S/C21H28F3N5.HI/c1-3-25-20(29-14-12-28(13-15-29)16(2)21(22,23)24)27-11-9-18-7-4-6-17-8-5-10-26-19(17)18;/h4-8,10,16H,3,9,11-15H2,1-2H3,(H,25,27);1H. The zero-order chi connectivity index (χ0) is 20.9. The maximum atomic E-state index is 13.0. The van der Waals surface area contributed by atoms with Crippen molar-refractivity contribution in [2.45, 2.75) is 32.5 Å². The van der Waals surface area contributed by atoms with Crippen LogP contribution in [0.3, 0.4) is 0 Å². The second kappa shape index (κ2) is 11.1. The molecule has 3 rings (SSSR count). The average molecular weight is 535 g/mol. The van der Waals surface area contributed by atoms with Gasteiger partial charge in [-0.15, -0.1) is 24.0 Å². The zero-order valence-electron chi connectivity index (χ0n) is 17.3. The van der Waals surface area contributed by atoms with Gasteiger partial charge in [0.05, 0.1) is 5.52 Å². The van der Waals surface area contributed by atoms with Crippen LogP contribution >= 0.6 is 24.0 Å². The molecule has 30 heavy (non-hydrogen) atoms. The number of para-hydroxylation sites is 1. The van der Waals surface area contributed by atoms with Crippen molar-refractivity contribution in [2.75, 3.05) is 39.3 Å². The number of hydrogen-bond acceptors (Lipinski definition) is 3. The summed E-state index contributed by atoms with van der Waals surface area (Å²) in [5.74, 6) is 0.764. The third-order valence-corrected chi connectivity index (χ3v) is 5.33. The van der Waals surface area contributed by atoms with Crippen LogP contribution < -0.4 is 5.32 Å². The molecular formula is C21H29F3IN5. The number of halogens is 4. The largest absolute Gasteiger partial charge is 0.403 e. The highest BCUT2D eigenvalue weighted by Crippen LogP contribution is 2.25. The highest BCUT2D eigenvalue weighted by Gasteiger charge is 2.41. The molecule has 1 atom stereocenters. The molecule has 0 aliphatic carbocycles. The molecule has 0 radical (unpaired) electrons. The number of aromatic nitrogens is 1. The van der Waals surface area contributed by atoms with Crippen molar-refractivity contribution < 1.29 is 13.2 Å². The average Bonchev–Trinajstić information content (AvgIpc) is 2.72. The van der Waals surface area contributed by atoms with Crippen LogP contribution in [-0.2, 0) is 6.42 Å². The van der Waals surface area contributed by atoms with Gasteiger partial charge in [0.25, 0.3) is 0 Å². The van der Waals surface area contributed by atoms with Gasteiger partial charge in [-0.25, -0.2) is 0 Å². The van der Waals surface area contributed by atoms with E-state index in [0.29, 0.717) is 39.3 Å². The molecule has 0 spiro atoms. The van der Waals surface area contributed by atoms with Crippen LogP contribution in [-0.4, -0.2) is 72.2 Å². The lowest BCUT2D eigenvalue weighted by atomic mass is 10.1. The summed E-state index contributed by atoms with van der Waals surface area (Å²) >= 11 is 0. The topological polar surface area (TPSA) is 43.8 Å². The number of nitrogens with zero attached hydrogens (tertiary/aromatic N) is 4. The highest BCUT2D eigenvalue weighted by molar-refractivity contribution is 14.0. The summed E-state index contributed by atoms with van der Waals surface area (Å²) in [5.41, 5.74) is 2.14. The third kappa shape index (κ3) is 6.19. The first-order valence-corrected chi connectivity index (χ1v) is 10.1. The summed E-state index contributed by atoms with van der Waals surface area (Å²) < 4.78 is 38.9. The maximum Gasteiger partial charge on any atom is 0.403 e. The molecule has 1 aromatic carbocycles. The summed E-state index contributed by atoms with van der Waals surface area (Å²) in [4.78, 5) is 12.7. The Morgan fingerprint density at radius 1 is 1.17 bits per heavy atom. The second-order valence-electron chi connectivity index (χ2n) is 7.22. The lowest BCUT2D eigenvalue weighted by Crippen LogP contribution is -2.56. The van der Waals surface area contributed by atoms with Gasteiger partial charge >= 0.3 is 6.18 Å². The molecule has 1 N–H and O–H groups in total. The molecule has 1 saturated heterocycles. The molecule has 2 heterocycles. The number of rotatable bonds is 5. The quantitative estimate of drug-likeness (QED) is 0.358. The number of fused-ring (bicyclic) bond motifs is 1. The van der Waals surface area contributed by atoms with E-state index in [9.17, 15) is 13.2 Å². The lowest BCUT2D eigenvalue weighted by molar-refractivity contribution is -0.181. The fourth-order valence-corrected chi connectivity index (χ4v) is 3.61. The van der Waals surface area contributed by atoms with Crippen molar-refractivity contribution in [3.63, 3.8) is 0 Å². The number of alkyl halides is 3. The predicted octanol–water partition coefficient (Wildman–Crippen LogP) is 3.93. The van der Waals surface area contributed by atoms with Crippen LogP contribution in [0.1, 0.15) is 19.4 Å². The molecule has 1 aliphatic heterocycles. The first-order valence-electron chi connectivity index (χ1n) is 10.1. The highest BCUT2D eigenvalue weighted by atomic mass is 127. The van der Waals surface area contributed by atoms with E-state index < -0.39 is 12.2 Å². The van der Waals surface area contributed by atoms with E-state index >= 15 is 0 Å². The van der Waals surface area contributed by atoms with Crippen molar-refractivity contribution in [2.24, 2.45) is 4.99 Å². The Morgan fingerprint density at radius 3 is 2.53 bits per heavy atom. The molecule has 166 valence electrons. The fraction of sp³-hybridized carbons (Fsp3) is 0.524. The minimum absolute atomic E-state index is 0. The summed E-state index contributed by atoms with van der Waals surface area (Å²) in [6, 6.07) is 8.68. The zero-order valence-corrected chi connectivity index (χ0v) is 19.7. The van der Waals surface area contributed by atoms with E-state index in [0.717, 1.165) is 28.8 Å². The predicted molar refractivity (Wildman–Crippen MR) is 126 cm³/mol. The number of piperazine rings is 1. The molecule has 1 fully saturated rings. The van der Waals surface area contributed by atoms with E-state index in [4.69, 9.17) is 4.99 Å². The molecule has 0 saturated carbocycles. The van der Waals surface area contributed by atoms with E-state index in [1.165, 1.54) is 11.8 Å². The number of hydrogen-bond donors (Lipinski definition) is 1. The minimum atomic E-state index is -4.19. The number of aliphatic imine (C=N–C) groups is 1. The fourth-order valence-electron chi connectivity index (χ4n) is 3.61. The summed E-state index contributed by atoms with van der Waals surface area (Å²) in [5, 5.41) is 4.38. The molecule has 0 amide bonds. The molecule has 1 aliphatic rings. The first kappa shape index (κ1) is 24.6. The Kier molecular flexibility index (Phi) is 9.14. The molecule has 1 aromatic heterocycles. The summed E-state index contributed by atoms with van der Waals surface area (Å²) in [7, 11) is 0. The Labute approximate surface area is 192 Å². The molecule has 0 bridgehead atoms. The van der Waals surface area contributed by atoms with Crippen LogP contribution in [0, 0.1) is 0 Å².